The van der Waals surface area contributed by atoms with Gasteiger partial charge in [-0.2, -0.15) is 0 Å². The summed E-state index contributed by atoms with van der Waals surface area (Å²) in [4.78, 5) is 17.3. The predicted molar refractivity (Wildman–Crippen MR) is 83.8 cm³/mol. The van der Waals surface area contributed by atoms with Crippen molar-refractivity contribution in [3.8, 4) is 10.6 Å². The largest absolute Gasteiger partial charge is 0.351 e. The van der Waals surface area contributed by atoms with Crippen LogP contribution in [0, 0.1) is 13.8 Å². The monoisotopic (exact) mass is 288 g/mol. The molecule has 0 aliphatic carbocycles. The Labute approximate surface area is 124 Å². The van der Waals surface area contributed by atoms with E-state index < -0.39 is 0 Å². The van der Waals surface area contributed by atoms with Gasteiger partial charge in [-0.25, -0.2) is 4.98 Å². The molecule has 0 aliphatic rings. The van der Waals surface area contributed by atoms with Crippen LogP contribution in [0.5, 0.6) is 0 Å². The number of amides is 1. The van der Waals surface area contributed by atoms with E-state index in [1.54, 1.807) is 11.3 Å². The number of carbonyl (C=O) groups is 1. The van der Waals surface area contributed by atoms with E-state index >= 15 is 0 Å². The summed E-state index contributed by atoms with van der Waals surface area (Å²) in [5.74, 6) is 0.109. The number of hydrogen-bond donors (Lipinski definition) is 1. The lowest BCUT2D eigenvalue weighted by Gasteiger charge is -2.02. The average molecular weight is 288 g/mol. The fourth-order valence-electron chi connectivity index (χ4n) is 2.01. The topological polar surface area (TPSA) is 42.0 Å². The van der Waals surface area contributed by atoms with E-state index in [1.807, 2.05) is 26.0 Å². The standard InChI is InChI=1S/C16H20N2OS/c1-4-7-15(19)17-10-14-12(3)18-16(20-14)13-9-6-5-8-11(13)2/h5-6,8-9H,4,7,10H2,1-3H3,(H,17,19). The molecule has 0 unspecified atom stereocenters. The minimum Gasteiger partial charge on any atom is -0.351 e. The summed E-state index contributed by atoms with van der Waals surface area (Å²) in [6.07, 6.45) is 1.46. The van der Waals surface area contributed by atoms with Crippen LogP contribution >= 0.6 is 11.3 Å². The third-order valence-electron chi connectivity index (χ3n) is 3.19. The summed E-state index contributed by atoms with van der Waals surface area (Å²) in [5.41, 5.74) is 3.40. The maximum Gasteiger partial charge on any atom is 0.220 e. The minimum absolute atomic E-state index is 0.109. The van der Waals surface area contributed by atoms with E-state index in [9.17, 15) is 4.79 Å². The van der Waals surface area contributed by atoms with Crippen LogP contribution in [-0.4, -0.2) is 10.9 Å². The SMILES string of the molecule is CCCC(=O)NCc1sc(-c2ccccc2C)nc1C. The molecule has 0 aliphatic heterocycles. The van der Waals surface area contributed by atoms with Crippen molar-refractivity contribution in [2.45, 2.75) is 40.2 Å². The number of aryl methyl sites for hydroxylation is 2. The van der Waals surface area contributed by atoms with Crippen LogP contribution in [0.25, 0.3) is 10.6 Å². The Morgan fingerprint density at radius 3 is 2.75 bits per heavy atom. The van der Waals surface area contributed by atoms with E-state index in [0.717, 1.165) is 22.0 Å². The van der Waals surface area contributed by atoms with E-state index in [-0.39, 0.29) is 5.91 Å². The molecular weight excluding hydrogens is 268 g/mol. The average Bonchev–Trinajstić information content (AvgIpc) is 2.78. The Bertz CT molecular complexity index is 604. The van der Waals surface area contributed by atoms with Crippen molar-refractivity contribution in [2.24, 2.45) is 0 Å². The van der Waals surface area contributed by atoms with Gasteiger partial charge in [0.2, 0.25) is 5.91 Å². The number of rotatable bonds is 5. The van der Waals surface area contributed by atoms with E-state index in [4.69, 9.17) is 0 Å². The van der Waals surface area contributed by atoms with Crippen molar-refractivity contribution in [1.29, 1.82) is 0 Å². The molecular formula is C16H20N2OS. The number of nitrogens with one attached hydrogen (secondary N) is 1. The number of thiazole rings is 1. The molecule has 106 valence electrons. The van der Waals surface area contributed by atoms with Gasteiger partial charge in [-0.05, 0) is 25.8 Å². The molecule has 0 bridgehead atoms. The molecule has 0 fully saturated rings. The highest BCUT2D eigenvalue weighted by Crippen LogP contribution is 2.29. The Morgan fingerprint density at radius 2 is 2.05 bits per heavy atom. The van der Waals surface area contributed by atoms with Gasteiger partial charge in [0.05, 0.1) is 12.2 Å². The van der Waals surface area contributed by atoms with Gasteiger partial charge >= 0.3 is 0 Å². The fraction of sp³-hybridized carbons (Fsp3) is 0.375. The van der Waals surface area contributed by atoms with Crippen molar-refractivity contribution in [1.82, 2.24) is 10.3 Å². The quantitative estimate of drug-likeness (QED) is 0.908. The second-order valence-corrected chi connectivity index (χ2v) is 5.95. The van der Waals surface area contributed by atoms with Crippen LogP contribution in [0.3, 0.4) is 0 Å². The molecule has 0 atom stereocenters. The highest BCUT2D eigenvalue weighted by atomic mass is 32.1. The summed E-state index contributed by atoms with van der Waals surface area (Å²) in [7, 11) is 0. The lowest BCUT2D eigenvalue weighted by molar-refractivity contribution is -0.121. The summed E-state index contributed by atoms with van der Waals surface area (Å²) >= 11 is 1.66. The number of nitrogens with zero attached hydrogens (tertiary/aromatic N) is 1. The Kier molecular flexibility index (Phi) is 4.90. The molecule has 0 saturated heterocycles. The van der Waals surface area contributed by atoms with Crippen molar-refractivity contribution < 1.29 is 4.79 Å². The minimum atomic E-state index is 0.109. The highest BCUT2D eigenvalue weighted by Gasteiger charge is 2.11. The Hall–Kier alpha value is -1.68. The van der Waals surface area contributed by atoms with Crippen molar-refractivity contribution >= 4 is 17.2 Å². The van der Waals surface area contributed by atoms with Gasteiger partial charge in [-0.3, -0.25) is 4.79 Å². The molecule has 1 heterocycles. The van der Waals surface area contributed by atoms with Gasteiger partial charge in [0, 0.05) is 16.9 Å². The number of aromatic nitrogens is 1. The second kappa shape index (κ2) is 6.66. The normalized spacial score (nSPS) is 10.6. The second-order valence-electron chi connectivity index (χ2n) is 4.87. The van der Waals surface area contributed by atoms with Gasteiger partial charge in [-0.15, -0.1) is 11.3 Å². The Morgan fingerprint density at radius 1 is 1.30 bits per heavy atom. The van der Waals surface area contributed by atoms with Gasteiger partial charge in [0.15, 0.2) is 0 Å². The summed E-state index contributed by atoms with van der Waals surface area (Å²) in [6.45, 7) is 6.68. The first-order valence-electron chi connectivity index (χ1n) is 6.90. The summed E-state index contributed by atoms with van der Waals surface area (Å²) in [6, 6.07) is 8.24. The molecule has 4 heteroatoms. The lowest BCUT2D eigenvalue weighted by Crippen LogP contribution is -2.21. The first-order chi connectivity index (χ1) is 9.61. The van der Waals surface area contributed by atoms with Crippen molar-refractivity contribution in [3.05, 3.63) is 40.4 Å². The number of carbonyl (C=O) groups excluding carboxylic acids is 1. The fourth-order valence-corrected chi connectivity index (χ4v) is 3.11. The molecule has 1 aromatic heterocycles. The first-order valence-corrected chi connectivity index (χ1v) is 7.72. The van der Waals surface area contributed by atoms with Gasteiger partial charge in [0.25, 0.3) is 0 Å². The van der Waals surface area contributed by atoms with E-state index in [2.05, 4.69) is 29.4 Å². The molecule has 2 rings (SSSR count). The summed E-state index contributed by atoms with van der Waals surface area (Å²) < 4.78 is 0. The molecule has 20 heavy (non-hydrogen) atoms. The van der Waals surface area contributed by atoms with Gasteiger partial charge in [0.1, 0.15) is 5.01 Å². The van der Waals surface area contributed by atoms with Crippen LogP contribution in [0.2, 0.25) is 0 Å². The Balaban J connectivity index is 2.14. The highest BCUT2D eigenvalue weighted by molar-refractivity contribution is 7.15. The van der Waals surface area contributed by atoms with Crippen LogP contribution in [0.15, 0.2) is 24.3 Å². The maximum atomic E-state index is 11.5. The molecule has 0 spiro atoms. The van der Waals surface area contributed by atoms with Crippen LogP contribution in [-0.2, 0) is 11.3 Å². The zero-order valence-electron chi connectivity index (χ0n) is 12.2. The van der Waals surface area contributed by atoms with E-state index in [1.165, 1.54) is 11.1 Å². The lowest BCUT2D eigenvalue weighted by atomic mass is 10.1. The predicted octanol–water partition coefficient (Wildman–Crippen LogP) is 3.84. The third-order valence-corrected chi connectivity index (χ3v) is 4.38. The zero-order valence-corrected chi connectivity index (χ0v) is 13.0. The third kappa shape index (κ3) is 3.45. The maximum absolute atomic E-state index is 11.5. The molecule has 3 nitrogen and oxygen atoms in total. The molecule has 1 aromatic carbocycles. The van der Waals surface area contributed by atoms with Crippen molar-refractivity contribution in [3.63, 3.8) is 0 Å². The van der Waals surface area contributed by atoms with Gasteiger partial charge < -0.3 is 5.32 Å². The van der Waals surface area contributed by atoms with Crippen LogP contribution in [0.1, 0.15) is 35.9 Å². The first kappa shape index (κ1) is 14.7. The van der Waals surface area contributed by atoms with E-state index in [0.29, 0.717) is 13.0 Å². The molecule has 1 N–H and O–H groups in total. The number of hydrogen-bond acceptors (Lipinski definition) is 3. The van der Waals surface area contributed by atoms with Crippen LogP contribution in [0.4, 0.5) is 0 Å². The smallest absolute Gasteiger partial charge is 0.220 e. The molecule has 0 saturated carbocycles. The van der Waals surface area contributed by atoms with Crippen molar-refractivity contribution in [2.75, 3.05) is 0 Å². The molecule has 2 aromatic rings. The summed E-state index contributed by atoms with van der Waals surface area (Å²) in [5, 5.41) is 3.98. The number of benzene rings is 1. The van der Waals surface area contributed by atoms with Gasteiger partial charge in [-0.1, -0.05) is 31.2 Å². The molecule has 0 radical (unpaired) electrons. The molecule has 1 amide bonds. The zero-order chi connectivity index (χ0) is 14.5. The van der Waals surface area contributed by atoms with Crippen LogP contribution < -0.4 is 5.32 Å².